The third kappa shape index (κ3) is 3.22. The van der Waals surface area contributed by atoms with Crippen LogP contribution in [-0.4, -0.2) is 12.6 Å². The average molecular weight is 303 g/mol. The maximum absolute atomic E-state index is 6.24. The number of benzene rings is 1. The molecule has 1 saturated carbocycles. The summed E-state index contributed by atoms with van der Waals surface area (Å²) in [5, 5.41) is 4.44. The SMILES string of the molecule is CCNC(Cc1ccc(Br)cc1Cl)C1CC1. The van der Waals surface area contributed by atoms with Crippen LogP contribution in [-0.2, 0) is 6.42 Å². The maximum Gasteiger partial charge on any atom is 0.0449 e. The van der Waals surface area contributed by atoms with Crippen molar-refractivity contribution in [1.82, 2.24) is 5.32 Å². The molecule has 0 aliphatic heterocycles. The molecule has 1 aliphatic carbocycles. The molecule has 1 unspecified atom stereocenters. The first-order valence-corrected chi connectivity index (χ1v) is 7.05. The van der Waals surface area contributed by atoms with Crippen LogP contribution in [0, 0.1) is 5.92 Å². The highest BCUT2D eigenvalue weighted by Gasteiger charge is 2.30. The van der Waals surface area contributed by atoms with E-state index in [2.05, 4.69) is 40.3 Å². The molecule has 0 saturated heterocycles. The molecule has 1 aromatic carbocycles. The molecule has 88 valence electrons. The van der Waals surface area contributed by atoms with Crippen LogP contribution in [0.15, 0.2) is 22.7 Å². The van der Waals surface area contributed by atoms with Gasteiger partial charge in [-0.05, 0) is 49.4 Å². The van der Waals surface area contributed by atoms with Crippen LogP contribution in [0.25, 0.3) is 0 Å². The van der Waals surface area contributed by atoms with Crippen molar-refractivity contribution in [3.8, 4) is 0 Å². The van der Waals surface area contributed by atoms with Crippen LogP contribution in [0.5, 0.6) is 0 Å². The van der Waals surface area contributed by atoms with E-state index in [1.807, 2.05) is 6.07 Å². The van der Waals surface area contributed by atoms with Gasteiger partial charge in [0.25, 0.3) is 0 Å². The van der Waals surface area contributed by atoms with Crippen molar-refractivity contribution >= 4 is 27.5 Å². The van der Waals surface area contributed by atoms with Crippen molar-refractivity contribution in [3.05, 3.63) is 33.3 Å². The minimum atomic E-state index is 0.601. The van der Waals surface area contributed by atoms with Gasteiger partial charge in [0, 0.05) is 15.5 Å². The van der Waals surface area contributed by atoms with Crippen molar-refractivity contribution in [3.63, 3.8) is 0 Å². The highest BCUT2D eigenvalue weighted by molar-refractivity contribution is 9.10. The van der Waals surface area contributed by atoms with E-state index in [1.54, 1.807) is 0 Å². The molecule has 1 N–H and O–H groups in total. The van der Waals surface area contributed by atoms with E-state index in [4.69, 9.17) is 11.6 Å². The Bertz CT molecular complexity index is 363. The first kappa shape index (κ1) is 12.4. The van der Waals surface area contributed by atoms with Crippen LogP contribution >= 0.6 is 27.5 Å². The molecule has 1 fully saturated rings. The van der Waals surface area contributed by atoms with Crippen molar-refractivity contribution < 1.29 is 0 Å². The van der Waals surface area contributed by atoms with Gasteiger partial charge in [-0.1, -0.05) is 40.5 Å². The molecule has 2 rings (SSSR count). The fraction of sp³-hybridized carbons (Fsp3) is 0.538. The Hall–Kier alpha value is -0.0500. The summed E-state index contributed by atoms with van der Waals surface area (Å²) in [5.41, 5.74) is 1.25. The topological polar surface area (TPSA) is 12.0 Å². The first-order chi connectivity index (χ1) is 7.70. The summed E-state index contributed by atoms with van der Waals surface area (Å²) in [4.78, 5) is 0. The lowest BCUT2D eigenvalue weighted by atomic mass is 10.0. The summed E-state index contributed by atoms with van der Waals surface area (Å²) in [7, 11) is 0. The second kappa shape index (κ2) is 5.52. The Morgan fingerprint density at radius 1 is 1.50 bits per heavy atom. The van der Waals surface area contributed by atoms with Gasteiger partial charge < -0.3 is 5.32 Å². The van der Waals surface area contributed by atoms with Crippen LogP contribution in [0.3, 0.4) is 0 Å². The third-order valence-corrected chi connectivity index (χ3v) is 3.96. The molecule has 0 radical (unpaired) electrons. The van der Waals surface area contributed by atoms with Crippen molar-refractivity contribution in [2.45, 2.75) is 32.2 Å². The molecule has 0 bridgehead atoms. The van der Waals surface area contributed by atoms with Gasteiger partial charge in [-0.3, -0.25) is 0 Å². The van der Waals surface area contributed by atoms with E-state index in [-0.39, 0.29) is 0 Å². The van der Waals surface area contributed by atoms with Crippen molar-refractivity contribution in [2.75, 3.05) is 6.54 Å². The Balaban J connectivity index is 2.05. The van der Waals surface area contributed by atoms with Gasteiger partial charge in [0.15, 0.2) is 0 Å². The largest absolute Gasteiger partial charge is 0.314 e. The predicted molar refractivity (Wildman–Crippen MR) is 73.0 cm³/mol. The maximum atomic E-state index is 6.24. The Morgan fingerprint density at radius 2 is 2.25 bits per heavy atom. The summed E-state index contributed by atoms with van der Waals surface area (Å²) in [6.07, 6.45) is 3.78. The van der Waals surface area contributed by atoms with Crippen LogP contribution < -0.4 is 5.32 Å². The van der Waals surface area contributed by atoms with Crippen LogP contribution in [0.1, 0.15) is 25.3 Å². The van der Waals surface area contributed by atoms with Gasteiger partial charge in [-0.25, -0.2) is 0 Å². The number of likely N-dealkylation sites (N-methyl/N-ethyl adjacent to an activating group) is 1. The molecular weight excluding hydrogens is 286 g/mol. The molecule has 1 aromatic rings. The second-order valence-corrected chi connectivity index (χ2v) is 5.76. The summed E-state index contributed by atoms with van der Waals surface area (Å²) in [6.45, 7) is 3.20. The summed E-state index contributed by atoms with van der Waals surface area (Å²) >= 11 is 9.68. The summed E-state index contributed by atoms with van der Waals surface area (Å²) in [5.74, 6) is 0.861. The van der Waals surface area contributed by atoms with Gasteiger partial charge in [0.1, 0.15) is 0 Å². The molecule has 1 nitrogen and oxygen atoms in total. The number of halogens is 2. The summed E-state index contributed by atoms with van der Waals surface area (Å²) < 4.78 is 1.05. The number of rotatable bonds is 5. The highest BCUT2D eigenvalue weighted by atomic mass is 79.9. The van der Waals surface area contributed by atoms with Crippen LogP contribution in [0.4, 0.5) is 0 Å². The van der Waals surface area contributed by atoms with E-state index in [1.165, 1.54) is 18.4 Å². The molecule has 0 spiro atoms. The molecular formula is C13H17BrClN. The standard InChI is InChI=1S/C13H17BrClN/c1-2-16-13(9-3-4-9)7-10-5-6-11(14)8-12(10)15/h5-6,8-9,13,16H,2-4,7H2,1H3. The zero-order valence-corrected chi connectivity index (χ0v) is 11.8. The quantitative estimate of drug-likeness (QED) is 0.866. The zero-order valence-electron chi connectivity index (χ0n) is 9.47. The number of hydrogen-bond acceptors (Lipinski definition) is 1. The van der Waals surface area contributed by atoms with E-state index in [0.717, 1.165) is 28.4 Å². The highest BCUT2D eigenvalue weighted by Crippen LogP contribution is 2.35. The number of hydrogen-bond donors (Lipinski definition) is 1. The van der Waals surface area contributed by atoms with Gasteiger partial charge in [-0.2, -0.15) is 0 Å². The van der Waals surface area contributed by atoms with Gasteiger partial charge in [-0.15, -0.1) is 0 Å². The number of nitrogens with one attached hydrogen (secondary N) is 1. The van der Waals surface area contributed by atoms with E-state index in [0.29, 0.717) is 6.04 Å². The van der Waals surface area contributed by atoms with E-state index < -0.39 is 0 Å². The van der Waals surface area contributed by atoms with Gasteiger partial charge in [0.2, 0.25) is 0 Å². The van der Waals surface area contributed by atoms with Crippen molar-refractivity contribution in [2.24, 2.45) is 5.92 Å². The Morgan fingerprint density at radius 3 is 2.81 bits per heavy atom. The van der Waals surface area contributed by atoms with Gasteiger partial charge >= 0.3 is 0 Å². The monoisotopic (exact) mass is 301 g/mol. The molecule has 16 heavy (non-hydrogen) atoms. The first-order valence-electron chi connectivity index (χ1n) is 5.88. The molecule has 0 heterocycles. The lowest BCUT2D eigenvalue weighted by Crippen LogP contribution is -2.32. The zero-order chi connectivity index (χ0) is 11.5. The lowest BCUT2D eigenvalue weighted by Gasteiger charge is -2.18. The third-order valence-electron chi connectivity index (χ3n) is 3.11. The normalized spacial score (nSPS) is 17.4. The lowest BCUT2D eigenvalue weighted by molar-refractivity contribution is 0.472. The molecule has 1 atom stereocenters. The second-order valence-electron chi connectivity index (χ2n) is 4.44. The van der Waals surface area contributed by atoms with Crippen molar-refractivity contribution in [1.29, 1.82) is 0 Å². The molecule has 0 amide bonds. The van der Waals surface area contributed by atoms with Crippen LogP contribution in [0.2, 0.25) is 5.02 Å². The predicted octanol–water partition coefficient (Wildman–Crippen LogP) is 4.03. The van der Waals surface area contributed by atoms with E-state index >= 15 is 0 Å². The fourth-order valence-electron chi connectivity index (χ4n) is 2.09. The molecule has 0 aromatic heterocycles. The minimum Gasteiger partial charge on any atom is -0.314 e. The van der Waals surface area contributed by atoms with E-state index in [9.17, 15) is 0 Å². The smallest absolute Gasteiger partial charge is 0.0449 e. The Labute approximate surface area is 111 Å². The fourth-order valence-corrected chi connectivity index (χ4v) is 2.84. The minimum absolute atomic E-state index is 0.601. The Kier molecular flexibility index (Phi) is 4.28. The average Bonchev–Trinajstić information content (AvgIpc) is 3.04. The molecule has 3 heteroatoms. The van der Waals surface area contributed by atoms with Gasteiger partial charge in [0.05, 0.1) is 0 Å². The molecule has 1 aliphatic rings. The summed E-state index contributed by atoms with van der Waals surface area (Å²) in [6, 6.07) is 6.77.